The van der Waals surface area contributed by atoms with Crippen LogP contribution in [-0.4, -0.2) is 11.8 Å². The third-order valence-corrected chi connectivity index (χ3v) is 4.02. The van der Waals surface area contributed by atoms with E-state index in [9.17, 15) is 18.4 Å². The van der Waals surface area contributed by atoms with Crippen LogP contribution in [-0.2, 0) is 9.59 Å². The molecule has 1 aliphatic rings. The number of hydrogen-bond acceptors (Lipinski definition) is 3. The molecule has 108 valence electrons. The number of anilines is 2. The highest BCUT2D eigenvalue weighted by molar-refractivity contribution is 6.23. The van der Waals surface area contributed by atoms with Crippen LogP contribution in [0.1, 0.15) is 27.2 Å². The highest BCUT2D eigenvalue weighted by Crippen LogP contribution is 2.43. The molecule has 0 aromatic heterocycles. The van der Waals surface area contributed by atoms with Crippen molar-refractivity contribution in [3.8, 4) is 0 Å². The van der Waals surface area contributed by atoms with Gasteiger partial charge in [-0.25, -0.2) is 13.7 Å². The van der Waals surface area contributed by atoms with E-state index in [-0.39, 0.29) is 23.7 Å². The number of halogens is 2. The number of carbonyl (C=O) groups excluding carboxylic acids is 2. The summed E-state index contributed by atoms with van der Waals surface area (Å²) in [5, 5.41) is 0. The highest BCUT2D eigenvalue weighted by Gasteiger charge is 2.51. The lowest BCUT2D eigenvalue weighted by Gasteiger charge is -2.26. The van der Waals surface area contributed by atoms with Gasteiger partial charge < -0.3 is 5.73 Å². The average Bonchev–Trinajstić information content (AvgIpc) is 2.52. The van der Waals surface area contributed by atoms with Crippen LogP contribution >= 0.6 is 0 Å². The molecule has 1 saturated heterocycles. The number of imide groups is 1. The molecule has 2 N–H and O–H groups in total. The minimum atomic E-state index is -1.02. The van der Waals surface area contributed by atoms with Gasteiger partial charge >= 0.3 is 0 Å². The topological polar surface area (TPSA) is 63.4 Å². The van der Waals surface area contributed by atoms with Crippen LogP contribution < -0.4 is 10.6 Å². The molecule has 20 heavy (non-hydrogen) atoms. The molecule has 1 aromatic carbocycles. The van der Waals surface area contributed by atoms with Gasteiger partial charge in [-0.05, 0) is 18.9 Å². The van der Waals surface area contributed by atoms with Crippen molar-refractivity contribution < 1.29 is 18.4 Å². The molecule has 0 bridgehead atoms. The first kappa shape index (κ1) is 14.4. The quantitative estimate of drug-likeness (QED) is 0.669. The standard InChI is InChI=1S/C14H16F2N2O2/c1-7(2)14(3)6-11(19)18(13(14)20)12-9(16)4-8(15)5-10(12)17/h4-5,7H,6,17H2,1-3H3. The Hall–Kier alpha value is -1.98. The molecular weight excluding hydrogens is 266 g/mol. The third-order valence-electron chi connectivity index (χ3n) is 4.02. The Morgan fingerprint density at radius 1 is 1.30 bits per heavy atom. The van der Waals surface area contributed by atoms with Crippen LogP contribution in [0.3, 0.4) is 0 Å². The van der Waals surface area contributed by atoms with E-state index in [1.54, 1.807) is 6.92 Å². The first-order chi connectivity index (χ1) is 9.18. The normalized spacial score (nSPS) is 23.0. The fraction of sp³-hybridized carbons (Fsp3) is 0.429. The van der Waals surface area contributed by atoms with Crippen LogP contribution in [0.4, 0.5) is 20.2 Å². The van der Waals surface area contributed by atoms with Crippen molar-refractivity contribution in [1.82, 2.24) is 0 Å². The Kier molecular flexibility index (Phi) is 3.28. The monoisotopic (exact) mass is 282 g/mol. The molecule has 4 nitrogen and oxygen atoms in total. The number of nitrogens with zero attached hydrogens (tertiary/aromatic N) is 1. The number of amides is 2. The second-order valence-electron chi connectivity index (χ2n) is 5.61. The lowest BCUT2D eigenvalue weighted by atomic mass is 9.78. The first-order valence-electron chi connectivity index (χ1n) is 6.30. The van der Waals surface area contributed by atoms with Gasteiger partial charge in [0.2, 0.25) is 11.8 Å². The van der Waals surface area contributed by atoms with Gasteiger partial charge in [0.1, 0.15) is 11.5 Å². The fourth-order valence-electron chi connectivity index (χ4n) is 2.34. The largest absolute Gasteiger partial charge is 0.397 e. The zero-order valence-electron chi connectivity index (χ0n) is 11.5. The van der Waals surface area contributed by atoms with Crippen molar-refractivity contribution >= 4 is 23.2 Å². The summed E-state index contributed by atoms with van der Waals surface area (Å²) < 4.78 is 27.0. The summed E-state index contributed by atoms with van der Waals surface area (Å²) >= 11 is 0. The molecule has 1 aromatic rings. The van der Waals surface area contributed by atoms with Gasteiger partial charge in [-0.15, -0.1) is 0 Å². The van der Waals surface area contributed by atoms with E-state index in [1.807, 2.05) is 13.8 Å². The molecule has 1 heterocycles. The number of nitrogen functional groups attached to an aromatic ring is 1. The van der Waals surface area contributed by atoms with Crippen LogP contribution in [0.25, 0.3) is 0 Å². The van der Waals surface area contributed by atoms with Crippen molar-refractivity contribution in [3.05, 3.63) is 23.8 Å². The first-order valence-corrected chi connectivity index (χ1v) is 6.30. The van der Waals surface area contributed by atoms with E-state index >= 15 is 0 Å². The molecule has 2 rings (SSSR count). The lowest BCUT2D eigenvalue weighted by Crippen LogP contribution is -2.37. The molecule has 1 aliphatic heterocycles. The molecule has 6 heteroatoms. The zero-order chi connectivity index (χ0) is 15.2. The summed E-state index contributed by atoms with van der Waals surface area (Å²) in [5.41, 5.74) is 4.04. The van der Waals surface area contributed by atoms with Gasteiger partial charge in [0.05, 0.1) is 11.1 Å². The molecule has 0 spiro atoms. The van der Waals surface area contributed by atoms with Gasteiger partial charge in [0.25, 0.3) is 0 Å². The van der Waals surface area contributed by atoms with Gasteiger partial charge in [0.15, 0.2) is 5.82 Å². The second-order valence-corrected chi connectivity index (χ2v) is 5.61. The molecule has 0 radical (unpaired) electrons. The minimum absolute atomic E-state index is 0.0141. The Labute approximate surface area is 115 Å². The molecule has 1 fully saturated rings. The van der Waals surface area contributed by atoms with Crippen molar-refractivity contribution in [1.29, 1.82) is 0 Å². The Morgan fingerprint density at radius 3 is 2.35 bits per heavy atom. The Balaban J connectivity index is 2.55. The van der Waals surface area contributed by atoms with Gasteiger partial charge in [-0.2, -0.15) is 0 Å². The zero-order valence-corrected chi connectivity index (χ0v) is 11.5. The van der Waals surface area contributed by atoms with E-state index in [1.165, 1.54) is 0 Å². The predicted octanol–water partition coefficient (Wildman–Crippen LogP) is 2.47. The number of benzene rings is 1. The van der Waals surface area contributed by atoms with E-state index in [2.05, 4.69) is 0 Å². The summed E-state index contributed by atoms with van der Waals surface area (Å²) in [7, 11) is 0. The molecule has 0 saturated carbocycles. The average molecular weight is 282 g/mol. The SMILES string of the molecule is CC(C)C1(C)CC(=O)N(c2c(N)cc(F)cc2F)C1=O. The van der Waals surface area contributed by atoms with Crippen LogP contribution in [0.5, 0.6) is 0 Å². The minimum Gasteiger partial charge on any atom is -0.397 e. The number of nitrogens with two attached hydrogens (primary N) is 1. The van der Waals surface area contributed by atoms with E-state index in [0.717, 1.165) is 11.0 Å². The lowest BCUT2D eigenvalue weighted by molar-refractivity contribution is -0.126. The molecule has 1 atom stereocenters. The van der Waals surface area contributed by atoms with E-state index in [0.29, 0.717) is 6.07 Å². The van der Waals surface area contributed by atoms with Crippen LogP contribution in [0.15, 0.2) is 12.1 Å². The smallest absolute Gasteiger partial charge is 0.240 e. The summed E-state index contributed by atoms with van der Waals surface area (Å²) in [6, 6.07) is 1.50. The predicted molar refractivity (Wildman–Crippen MR) is 70.8 cm³/mol. The number of rotatable bonds is 2. The van der Waals surface area contributed by atoms with Crippen LogP contribution in [0.2, 0.25) is 0 Å². The van der Waals surface area contributed by atoms with Crippen molar-refractivity contribution in [2.45, 2.75) is 27.2 Å². The second kappa shape index (κ2) is 4.54. The number of hydrogen-bond donors (Lipinski definition) is 1. The molecular formula is C14H16F2N2O2. The highest BCUT2D eigenvalue weighted by atomic mass is 19.1. The summed E-state index contributed by atoms with van der Waals surface area (Å²) in [6.45, 7) is 5.30. The van der Waals surface area contributed by atoms with Crippen molar-refractivity contribution in [2.75, 3.05) is 10.6 Å². The van der Waals surface area contributed by atoms with Crippen LogP contribution in [0, 0.1) is 23.0 Å². The van der Waals surface area contributed by atoms with Gasteiger partial charge in [-0.1, -0.05) is 13.8 Å². The molecule has 0 aliphatic carbocycles. The van der Waals surface area contributed by atoms with Gasteiger partial charge in [0, 0.05) is 12.5 Å². The van der Waals surface area contributed by atoms with E-state index in [4.69, 9.17) is 5.73 Å². The van der Waals surface area contributed by atoms with Gasteiger partial charge in [-0.3, -0.25) is 9.59 Å². The third kappa shape index (κ3) is 1.95. The summed E-state index contributed by atoms with van der Waals surface area (Å²) in [4.78, 5) is 25.3. The summed E-state index contributed by atoms with van der Waals surface area (Å²) in [6.07, 6.45) is -0.0141. The maximum atomic E-state index is 13.9. The number of carbonyl (C=O) groups is 2. The fourth-order valence-corrected chi connectivity index (χ4v) is 2.34. The Bertz CT molecular complexity index is 578. The van der Waals surface area contributed by atoms with Crippen molar-refractivity contribution in [3.63, 3.8) is 0 Å². The molecule has 2 amide bonds. The summed E-state index contributed by atoms with van der Waals surface area (Å²) in [5.74, 6) is -2.99. The Morgan fingerprint density at radius 2 is 1.90 bits per heavy atom. The maximum Gasteiger partial charge on any atom is 0.240 e. The molecule has 1 unspecified atom stereocenters. The maximum absolute atomic E-state index is 13.9. The van der Waals surface area contributed by atoms with E-state index < -0.39 is 28.9 Å². The van der Waals surface area contributed by atoms with Crippen molar-refractivity contribution in [2.24, 2.45) is 11.3 Å².